The molecule has 0 aliphatic carbocycles. The van der Waals surface area contributed by atoms with Gasteiger partial charge < -0.3 is 15.7 Å². The van der Waals surface area contributed by atoms with Gasteiger partial charge in [0.15, 0.2) is 0 Å². The third-order valence-corrected chi connectivity index (χ3v) is 6.55. The molecule has 3 aromatic carbocycles. The number of phenols is 1. The summed E-state index contributed by atoms with van der Waals surface area (Å²) in [4.78, 5) is 12.6. The largest absolute Gasteiger partial charge is 0.507 e. The third-order valence-electron chi connectivity index (χ3n) is 6.55. The summed E-state index contributed by atoms with van der Waals surface area (Å²) < 4.78 is 0. The van der Waals surface area contributed by atoms with E-state index < -0.39 is 0 Å². The van der Waals surface area contributed by atoms with E-state index in [0.717, 1.165) is 41.6 Å². The number of aromatic hydroxyl groups is 1. The van der Waals surface area contributed by atoms with Gasteiger partial charge in [-0.25, -0.2) is 4.79 Å². The number of para-hydroxylation sites is 1. The number of carbonyl (C=O) groups excluding carboxylic acids is 1. The van der Waals surface area contributed by atoms with E-state index in [-0.39, 0.29) is 16.9 Å². The molecule has 3 aromatic rings. The number of hydrogen-bond acceptors (Lipinski definition) is 2. The van der Waals surface area contributed by atoms with Gasteiger partial charge in [0.05, 0.1) is 0 Å². The molecule has 0 aliphatic rings. The Kier molecular flexibility index (Phi) is 8.50. The maximum atomic E-state index is 12.6. The summed E-state index contributed by atoms with van der Waals surface area (Å²) in [6, 6.07) is 20.4. The van der Waals surface area contributed by atoms with Crippen LogP contribution >= 0.6 is 0 Å². The number of carbonyl (C=O) groups is 1. The molecule has 4 heteroatoms. The van der Waals surface area contributed by atoms with Crippen LogP contribution in [0.4, 0.5) is 10.5 Å². The highest BCUT2D eigenvalue weighted by Crippen LogP contribution is 2.40. The fourth-order valence-corrected chi connectivity index (χ4v) is 4.36. The summed E-state index contributed by atoms with van der Waals surface area (Å²) in [5, 5.41) is 17.0. The lowest BCUT2D eigenvalue weighted by atomic mass is 9.78. The number of hydrogen-bond donors (Lipinski definition) is 3. The number of aryl methyl sites for hydroxylation is 3. The molecule has 0 fully saturated rings. The van der Waals surface area contributed by atoms with Crippen molar-refractivity contribution in [3.63, 3.8) is 0 Å². The minimum absolute atomic E-state index is 0.157. The molecule has 3 N–H and O–H groups in total. The Morgan fingerprint density at radius 1 is 0.778 bits per heavy atom. The van der Waals surface area contributed by atoms with E-state index in [1.165, 1.54) is 16.7 Å². The predicted octanol–water partition coefficient (Wildman–Crippen LogP) is 7.45. The van der Waals surface area contributed by atoms with Crippen LogP contribution < -0.4 is 10.6 Å². The van der Waals surface area contributed by atoms with Gasteiger partial charge in [0.1, 0.15) is 5.75 Å². The second-order valence-electron chi connectivity index (χ2n) is 11.8. The molecule has 0 bridgehead atoms. The van der Waals surface area contributed by atoms with Crippen molar-refractivity contribution >= 4 is 11.7 Å². The smallest absolute Gasteiger partial charge is 0.319 e. The Bertz CT molecular complexity index is 1150. The van der Waals surface area contributed by atoms with Crippen LogP contribution in [0.15, 0.2) is 60.7 Å². The molecule has 4 nitrogen and oxygen atoms in total. The van der Waals surface area contributed by atoms with Gasteiger partial charge in [0.25, 0.3) is 0 Å². The van der Waals surface area contributed by atoms with Gasteiger partial charge in [0.2, 0.25) is 0 Å². The average Bonchev–Trinajstić information content (AvgIpc) is 2.79. The van der Waals surface area contributed by atoms with Crippen LogP contribution in [-0.4, -0.2) is 17.7 Å². The Hall–Kier alpha value is -3.27. The quantitative estimate of drug-likeness (QED) is 0.325. The second-order valence-corrected chi connectivity index (χ2v) is 11.8. The highest BCUT2D eigenvalue weighted by Gasteiger charge is 2.26. The fourth-order valence-electron chi connectivity index (χ4n) is 4.36. The second kappa shape index (κ2) is 11.2. The Morgan fingerprint density at radius 2 is 1.36 bits per heavy atom. The number of phenolic OH excluding ortho intramolecular Hbond substituents is 1. The minimum atomic E-state index is -0.191. The molecule has 0 atom stereocenters. The first kappa shape index (κ1) is 27.3. The van der Waals surface area contributed by atoms with Crippen LogP contribution in [0, 0.1) is 6.92 Å². The zero-order chi connectivity index (χ0) is 26.5. The standard InChI is InChI=1S/C32H42N2O2/c1-22-12-14-23(15-13-22)18-19-33-30(36)34-28-11-9-8-10-25(28)17-16-24-20-26(31(2,3)4)29(35)27(21-24)32(5,6)7/h8-15,20-21,35H,16-19H2,1-7H3,(H2,33,34,36). The number of urea groups is 1. The van der Waals surface area contributed by atoms with Crippen molar-refractivity contribution in [2.45, 2.75) is 78.6 Å². The summed E-state index contributed by atoms with van der Waals surface area (Å²) in [5.74, 6) is 0.406. The fraction of sp³-hybridized carbons (Fsp3) is 0.406. The number of anilines is 1. The molecule has 2 amide bonds. The van der Waals surface area contributed by atoms with Crippen molar-refractivity contribution in [1.29, 1.82) is 0 Å². The first-order valence-electron chi connectivity index (χ1n) is 12.9. The molecule has 0 heterocycles. The molecule has 192 valence electrons. The SMILES string of the molecule is Cc1ccc(CCNC(=O)Nc2ccccc2CCc2cc(C(C)(C)C)c(O)c(C(C)(C)C)c2)cc1. The highest BCUT2D eigenvalue weighted by molar-refractivity contribution is 5.90. The zero-order valence-electron chi connectivity index (χ0n) is 23.0. The van der Waals surface area contributed by atoms with E-state index >= 15 is 0 Å². The lowest BCUT2D eigenvalue weighted by molar-refractivity contribution is 0.252. The summed E-state index contributed by atoms with van der Waals surface area (Å²) in [6.07, 6.45) is 2.40. The molecule has 0 unspecified atom stereocenters. The zero-order valence-corrected chi connectivity index (χ0v) is 23.0. The molecular weight excluding hydrogens is 444 g/mol. The van der Waals surface area contributed by atoms with Gasteiger partial charge in [-0.2, -0.15) is 0 Å². The molecule has 0 radical (unpaired) electrons. The molecule has 0 saturated carbocycles. The summed E-state index contributed by atoms with van der Waals surface area (Å²) in [7, 11) is 0. The highest BCUT2D eigenvalue weighted by atomic mass is 16.3. The average molecular weight is 487 g/mol. The van der Waals surface area contributed by atoms with E-state index in [1.807, 2.05) is 18.2 Å². The van der Waals surface area contributed by atoms with Crippen LogP contribution in [0.1, 0.15) is 74.9 Å². The van der Waals surface area contributed by atoms with E-state index in [2.05, 4.69) is 102 Å². The third kappa shape index (κ3) is 7.36. The van der Waals surface area contributed by atoms with E-state index in [9.17, 15) is 9.90 Å². The van der Waals surface area contributed by atoms with Crippen LogP contribution in [0.25, 0.3) is 0 Å². The van der Waals surface area contributed by atoms with E-state index in [0.29, 0.717) is 12.3 Å². The van der Waals surface area contributed by atoms with Crippen molar-refractivity contribution in [2.75, 3.05) is 11.9 Å². The number of nitrogens with one attached hydrogen (secondary N) is 2. The maximum Gasteiger partial charge on any atom is 0.319 e. The summed E-state index contributed by atoms with van der Waals surface area (Å²) >= 11 is 0. The number of rotatable bonds is 7. The van der Waals surface area contributed by atoms with Crippen molar-refractivity contribution in [3.8, 4) is 5.75 Å². The maximum absolute atomic E-state index is 12.6. The Morgan fingerprint density at radius 3 is 1.94 bits per heavy atom. The van der Waals surface area contributed by atoms with Crippen LogP contribution in [0.3, 0.4) is 0 Å². The van der Waals surface area contributed by atoms with Crippen LogP contribution in [-0.2, 0) is 30.1 Å². The lowest BCUT2D eigenvalue weighted by Crippen LogP contribution is -2.30. The number of amides is 2. The molecule has 0 spiro atoms. The van der Waals surface area contributed by atoms with E-state index in [4.69, 9.17) is 0 Å². The molecule has 0 aliphatic heterocycles. The normalized spacial score (nSPS) is 11.9. The van der Waals surface area contributed by atoms with Gasteiger partial charge in [-0.15, -0.1) is 0 Å². The molecule has 0 saturated heterocycles. The van der Waals surface area contributed by atoms with Gasteiger partial charge in [-0.1, -0.05) is 102 Å². The summed E-state index contributed by atoms with van der Waals surface area (Å²) in [5.41, 5.74) is 7.20. The number of benzene rings is 3. The van der Waals surface area contributed by atoms with Crippen molar-refractivity contribution in [1.82, 2.24) is 5.32 Å². The van der Waals surface area contributed by atoms with Gasteiger partial charge in [0, 0.05) is 12.2 Å². The predicted molar refractivity (Wildman–Crippen MR) is 151 cm³/mol. The first-order chi connectivity index (χ1) is 16.8. The van der Waals surface area contributed by atoms with Gasteiger partial charge >= 0.3 is 6.03 Å². The lowest BCUT2D eigenvalue weighted by Gasteiger charge is -2.28. The van der Waals surface area contributed by atoms with Crippen molar-refractivity contribution in [3.05, 3.63) is 94.0 Å². The van der Waals surface area contributed by atoms with Crippen LogP contribution in [0.2, 0.25) is 0 Å². The Labute approximate surface area is 217 Å². The monoisotopic (exact) mass is 486 g/mol. The molecule has 36 heavy (non-hydrogen) atoms. The first-order valence-corrected chi connectivity index (χ1v) is 12.9. The summed E-state index contributed by atoms with van der Waals surface area (Å²) in [6.45, 7) is 15.5. The van der Waals surface area contributed by atoms with Gasteiger partial charge in [-0.05, 0) is 70.9 Å². The molecule has 0 aromatic heterocycles. The van der Waals surface area contributed by atoms with Gasteiger partial charge in [-0.3, -0.25) is 0 Å². The topological polar surface area (TPSA) is 61.4 Å². The molecular formula is C32H42N2O2. The minimum Gasteiger partial charge on any atom is -0.507 e. The molecule has 3 rings (SSSR count). The Balaban J connectivity index is 1.69. The van der Waals surface area contributed by atoms with Crippen molar-refractivity contribution in [2.24, 2.45) is 0 Å². The van der Waals surface area contributed by atoms with Crippen LogP contribution in [0.5, 0.6) is 5.75 Å². The van der Waals surface area contributed by atoms with Crippen molar-refractivity contribution < 1.29 is 9.90 Å². The van der Waals surface area contributed by atoms with E-state index in [1.54, 1.807) is 0 Å².